The second-order valence-electron chi connectivity index (χ2n) is 6.24. The van der Waals surface area contributed by atoms with Gasteiger partial charge in [0.05, 0.1) is 5.92 Å². The Kier molecular flexibility index (Phi) is 5.51. The second-order valence-corrected chi connectivity index (χ2v) is 6.24. The van der Waals surface area contributed by atoms with Crippen molar-refractivity contribution in [2.75, 3.05) is 6.61 Å². The van der Waals surface area contributed by atoms with Crippen LogP contribution in [0.2, 0.25) is 0 Å². The number of esters is 1. The van der Waals surface area contributed by atoms with Crippen molar-refractivity contribution >= 4 is 11.9 Å². The maximum absolute atomic E-state index is 12.9. The Hall–Kier alpha value is -2.89. The van der Waals surface area contributed by atoms with Gasteiger partial charge in [-0.3, -0.25) is 9.59 Å². The summed E-state index contributed by atoms with van der Waals surface area (Å²) in [5.74, 6) is -0.846. The summed E-state index contributed by atoms with van der Waals surface area (Å²) in [4.78, 5) is 24.4. The number of halogens is 1. The van der Waals surface area contributed by atoms with E-state index in [4.69, 9.17) is 9.47 Å². The lowest BCUT2D eigenvalue weighted by Gasteiger charge is -2.25. The van der Waals surface area contributed by atoms with Gasteiger partial charge in [-0.15, -0.1) is 0 Å². The highest BCUT2D eigenvalue weighted by Gasteiger charge is 2.29. The monoisotopic (exact) mass is 357 g/mol. The molecular weight excluding hydrogens is 337 g/mol. The van der Waals surface area contributed by atoms with Gasteiger partial charge in [-0.25, -0.2) is 4.39 Å². The summed E-state index contributed by atoms with van der Waals surface area (Å²) in [5, 5.41) is 2.67. The Morgan fingerprint density at radius 3 is 2.73 bits per heavy atom. The van der Waals surface area contributed by atoms with E-state index in [0.29, 0.717) is 6.42 Å². The summed E-state index contributed by atoms with van der Waals surface area (Å²) in [6, 6.07) is 13.4. The molecule has 0 radical (unpaired) electrons. The second kappa shape index (κ2) is 7.99. The van der Waals surface area contributed by atoms with Crippen LogP contribution < -0.4 is 10.1 Å². The molecule has 6 heteroatoms. The summed E-state index contributed by atoms with van der Waals surface area (Å²) in [5.41, 5.74) is 1.71. The van der Waals surface area contributed by atoms with Crippen LogP contribution in [-0.2, 0) is 27.3 Å². The van der Waals surface area contributed by atoms with Crippen LogP contribution in [0.25, 0.3) is 0 Å². The molecule has 0 bridgehead atoms. The van der Waals surface area contributed by atoms with E-state index in [-0.39, 0.29) is 19.0 Å². The molecule has 0 saturated heterocycles. The number of amides is 1. The van der Waals surface area contributed by atoms with E-state index >= 15 is 0 Å². The number of nitrogens with one attached hydrogen (secondary N) is 1. The third kappa shape index (κ3) is 4.39. The minimum atomic E-state index is -0.917. The normalized spacial score (nSPS) is 16.8. The molecule has 136 valence electrons. The Balaban J connectivity index is 1.49. The van der Waals surface area contributed by atoms with Gasteiger partial charge in [0, 0.05) is 6.54 Å². The minimum absolute atomic E-state index is 0.236. The molecule has 1 aliphatic rings. The molecule has 1 heterocycles. The third-order valence-corrected chi connectivity index (χ3v) is 4.25. The van der Waals surface area contributed by atoms with E-state index < -0.39 is 23.9 Å². The number of hydrogen-bond donors (Lipinski definition) is 1. The smallest absolute Gasteiger partial charge is 0.313 e. The number of ether oxygens (including phenoxy) is 2. The molecule has 0 aromatic heterocycles. The first kappa shape index (κ1) is 17.9. The van der Waals surface area contributed by atoms with Crippen molar-refractivity contribution in [1.82, 2.24) is 5.32 Å². The molecule has 3 rings (SSSR count). The van der Waals surface area contributed by atoms with Gasteiger partial charge in [-0.2, -0.15) is 0 Å². The van der Waals surface area contributed by atoms with Crippen molar-refractivity contribution in [1.29, 1.82) is 0 Å². The van der Waals surface area contributed by atoms with E-state index in [0.717, 1.165) is 16.9 Å². The zero-order valence-corrected chi connectivity index (χ0v) is 14.4. The summed E-state index contributed by atoms with van der Waals surface area (Å²) >= 11 is 0. The molecule has 2 aromatic rings. The zero-order valence-electron chi connectivity index (χ0n) is 14.4. The lowest BCUT2D eigenvalue weighted by molar-refractivity contribution is -0.160. The number of carbonyl (C=O) groups is 2. The molecule has 2 atom stereocenters. The highest BCUT2D eigenvalue weighted by atomic mass is 19.1. The molecule has 0 saturated carbocycles. The number of rotatable bonds is 5. The van der Waals surface area contributed by atoms with Crippen LogP contribution in [0.1, 0.15) is 18.1 Å². The number of carbonyl (C=O) groups excluding carboxylic acids is 2. The van der Waals surface area contributed by atoms with Crippen LogP contribution in [0, 0.1) is 11.7 Å². The first-order valence-electron chi connectivity index (χ1n) is 8.46. The van der Waals surface area contributed by atoms with Gasteiger partial charge in [-0.1, -0.05) is 30.3 Å². The predicted octanol–water partition coefficient (Wildman–Crippen LogP) is 2.62. The lowest BCUT2D eigenvalue weighted by atomic mass is 9.97. The van der Waals surface area contributed by atoms with Crippen molar-refractivity contribution in [3.05, 3.63) is 65.5 Å². The highest BCUT2D eigenvalue weighted by Crippen LogP contribution is 2.27. The topological polar surface area (TPSA) is 64.6 Å². The number of hydrogen-bond acceptors (Lipinski definition) is 4. The Morgan fingerprint density at radius 2 is 1.96 bits per heavy atom. The maximum atomic E-state index is 12.9. The fourth-order valence-electron chi connectivity index (χ4n) is 2.74. The van der Waals surface area contributed by atoms with Gasteiger partial charge < -0.3 is 14.8 Å². The summed E-state index contributed by atoms with van der Waals surface area (Å²) in [6.45, 7) is 2.00. The van der Waals surface area contributed by atoms with Crippen molar-refractivity contribution in [3.63, 3.8) is 0 Å². The molecule has 0 fully saturated rings. The molecule has 1 amide bonds. The number of para-hydroxylation sites is 1. The van der Waals surface area contributed by atoms with Crippen LogP contribution in [0.4, 0.5) is 4.39 Å². The summed E-state index contributed by atoms with van der Waals surface area (Å²) in [6.07, 6.45) is -0.390. The maximum Gasteiger partial charge on any atom is 0.313 e. The Labute approximate surface area is 151 Å². The molecule has 1 aliphatic heterocycles. The van der Waals surface area contributed by atoms with Crippen LogP contribution >= 0.6 is 0 Å². The van der Waals surface area contributed by atoms with Crippen molar-refractivity contribution in [2.45, 2.75) is 26.0 Å². The van der Waals surface area contributed by atoms with Crippen molar-refractivity contribution in [3.8, 4) is 5.75 Å². The van der Waals surface area contributed by atoms with Gasteiger partial charge in [0.25, 0.3) is 5.91 Å². The SMILES string of the molecule is CC(OC(=O)C1COc2ccccc2C1)C(=O)NCc1ccc(F)cc1. The molecule has 26 heavy (non-hydrogen) atoms. The van der Waals surface area contributed by atoms with Crippen LogP contribution in [0.3, 0.4) is 0 Å². The van der Waals surface area contributed by atoms with Crippen LogP contribution in [0.5, 0.6) is 5.75 Å². The first-order chi connectivity index (χ1) is 12.5. The molecule has 1 N–H and O–H groups in total. The quantitative estimate of drug-likeness (QED) is 0.836. The minimum Gasteiger partial charge on any atom is -0.492 e. The number of benzene rings is 2. The largest absolute Gasteiger partial charge is 0.492 e. The van der Waals surface area contributed by atoms with E-state index in [1.165, 1.54) is 19.1 Å². The van der Waals surface area contributed by atoms with E-state index in [1.54, 1.807) is 12.1 Å². The zero-order chi connectivity index (χ0) is 18.5. The first-order valence-corrected chi connectivity index (χ1v) is 8.46. The highest BCUT2D eigenvalue weighted by molar-refractivity contribution is 5.84. The van der Waals surface area contributed by atoms with Gasteiger partial charge in [0.1, 0.15) is 18.2 Å². The van der Waals surface area contributed by atoms with Crippen LogP contribution in [0.15, 0.2) is 48.5 Å². The number of fused-ring (bicyclic) bond motifs is 1. The molecular formula is C20H20FNO4. The molecule has 0 aliphatic carbocycles. The van der Waals surface area contributed by atoms with Gasteiger partial charge >= 0.3 is 5.97 Å². The average molecular weight is 357 g/mol. The van der Waals surface area contributed by atoms with Crippen molar-refractivity contribution < 1.29 is 23.5 Å². The van der Waals surface area contributed by atoms with E-state index in [1.807, 2.05) is 24.3 Å². The van der Waals surface area contributed by atoms with Crippen molar-refractivity contribution in [2.24, 2.45) is 5.92 Å². The average Bonchev–Trinajstić information content (AvgIpc) is 2.66. The summed E-state index contributed by atoms with van der Waals surface area (Å²) in [7, 11) is 0. The van der Waals surface area contributed by atoms with E-state index in [9.17, 15) is 14.0 Å². The van der Waals surface area contributed by atoms with Gasteiger partial charge in [-0.05, 0) is 42.7 Å². The standard InChI is InChI=1S/C20H20FNO4/c1-13(19(23)22-11-14-6-8-17(21)9-7-14)26-20(24)16-10-15-4-2-3-5-18(15)25-12-16/h2-9,13,16H,10-12H2,1H3,(H,22,23). The Morgan fingerprint density at radius 1 is 1.23 bits per heavy atom. The summed E-state index contributed by atoms with van der Waals surface area (Å²) < 4.78 is 23.7. The fourth-order valence-corrected chi connectivity index (χ4v) is 2.74. The Bertz CT molecular complexity index is 791. The predicted molar refractivity (Wildman–Crippen MR) is 92.9 cm³/mol. The molecule has 2 aromatic carbocycles. The molecule has 0 spiro atoms. The van der Waals surface area contributed by atoms with Crippen LogP contribution in [-0.4, -0.2) is 24.6 Å². The van der Waals surface area contributed by atoms with Gasteiger partial charge in [0.15, 0.2) is 6.10 Å². The van der Waals surface area contributed by atoms with Gasteiger partial charge in [0.2, 0.25) is 0 Å². The lowest BCUT2D eigenvalue weighted by Crippen LogP contribution is -2.38. The molecule has 2 unspecified atom stereocenters. The van der Waals surface area contributed by atoms with E-state index in [2.05, 4.69) is 5.32 Å². The fraction of sp³-hybridized carbons (Fsp3) is 0.300. The molecule has 5 nitrogen and oxygen atoms in total. The third-order valence-electron chi connectivity index (χ3n) is 4.25.